The molecule has 0 saturated carbocycles. The van der Waals surface area contributed by atoms with E-state index in [2.05, 4.69) is 16.0 Å². The fraction of sp³-hybridized carbons (Fsp3) is 0.0714. The van der Waals surface area contributed by atoms with Crippen molar-refractivity contribution in [3.8, 4) is 6.07 Å². The lowest BCUT2D eigenvalue weighted by Crippen LogP contribution is -1.82. The van der Waals surface area contributed by atoms with E-state index < -0.39 is 0 Å². The highest BCUT2D eigenvalue weighted by Crippen LogP contribution is 2.25. The van der Waals surface area contributed by atoms with E-state index in [1.807, 2.05) is 30.3 Å². The molecule has 3 aromatic rings. The minimum Gasteiger partial charge on any atom is -0.430 e. The van der Waals surface area contributed by atoms with Gasteiger partial charge >= 0.3 is 0 Å². The van der Waals surface area contributed by atoms with Crippen LogP contribution in [0.25, 0.3) is 11.2 Å². The first-order valence-corrected chi connectivity index (χ1v) is 6.67. The van der Waals surface area contributed by atoms with Crippen LogP contribution in [0.4, 0.5) is 0 Å². The van der Waals surface area contributed by atoms with Crippen LogP contribution in [0.15, 0.2) is 52.2 Å². The number of hydrogen-bond donors (Lipinski definition) is 0. The van der Waals surface area contributed by atoms with Gasteiger partial charge in [-0.2, -0.15) is 10.2 Å². The summed E-state index contributed by atoms with van der Waals surface area (Å²) >= 11 is 1.49. The number of rotatable bonds is 3. The minimum atomic E-state index is 0.594. The van der Waals surface area contributed by atoms with Gasteiger partial charge < -0.3 is 4.42 Å². The van der Waals surface area contributed by atoms with Gasteiger partial charge in [-0.15, -0.1) is 0 Å². The van der Waals surface area contributed by atoms with E-state index in [9.17, 15) is 0 Å². The zero-order chi connectivity index (χ0) is 13.1. The van der Waals surface area contributed by atoms with Gasteiger partial charge in [-0.3, -0.25) is 0 Å². The van der Waals surface area contributed by atoms with Crippen LogP contribution < -0.4 is 0 Å². The maximum Gasteiger partial charge on any atom is 0.258 e. The van der Waals surface area contributed by atoms with Gasteiger partial charge in [0.2, 0.25) is 0 Å². The van der Waals surface area contributed by atoms with Crippen LogP contribution in [-0.2, 0) is 5.75 Å². The standard InChI is InChI=1S/C14H9N3OS/c15-8-10-3-1-4-11(7-10)9-19-14-17-13-12(18-14)5-2-6-16-13/h1-7H,9H2. The molecular weight excluding hydrogens is 258 g/mol. The Morgan fingerprint density at radius 3 is 3.05 bits per heavy atom. The van der Waals surface area contributed by atoms with Crippen molar-refractivity contribution in [1.29, 1.82) is 5.26 Å². The van der Waals surface area contributed by atoms with E-state index in [1.165, 1.54) is 11.8 Å². The van der Waals surface area contributed by atoms with Crippen LogP contribution in [0, 0.1) is 11.3 Å². The second-order valence-electron chi connectivity index (χ2n) is 3.91. The Balaban J connectivity index is 1.76. The molecule has 0 radical (unpaired) electrons. The molecule has 0 aliphatic carbocycles. The molecule has 0 N–H and O–H groups in total. The van der Waals surface area contributed by atoms with Crippen molar-refractivity contribution < 1.29 is 4.42 Å². The zero-order valence-electron chi connectivity index (χ0n) is 9.91. The predicted molar refractivity (Wildman–Crippen MR) is 72.5 cm³/mol. The van der Waals surface area contributed by atoms with Crippen LogP contribution in [0.3, 0.4) is 0 Å². The Morgan fingerprint density at radius 2 is 2.21 bits per heavy atom. The van der Waals surface area contributed by atoms with E-state index in [4.69, 9.17) is 9.68 Å². The molecule has 1 aromatic carbocycles. The molecule has 5 heteroatoms. The van der Waals surface area contributed by atoms with Gasteiger partial charge in [0, 0.05) is 11.9 Å². The molecule has 0 unspecified atom stereocenters. The Kier molecular flexibility index (Phi) is 3.17. The summed E-state index contributed by atoms with van der Waals surface area (Å²) in [7, 11) is 0. The summed E-state index contributed by atoms with van der Waals surface area (Å²) in [5.41, 5.74) is 3.04. The second-order valence-corrected chi connectivity index (χ2v) is 4.83. The molecule has 0 spiro atoms. The number of oxazole rings is 1. The summed E-state index contributed by atoms with van der Waals surface area (Å²) in [6.45, 7) is 0. The number of thioether (sulfide) groups is 1. The van der Waals surface area contributed by atoms with Gasteiger partial charge in [-0.25, -0.2) is 4.98 Å². The molecule has 19 heavy (non-hydrogen) atoms. The highest BCUT2D eigenvalue weighted by molar-refractivity contribution is 7.98. The lowest BCUT2D eigenvalue weighted by molar-refractivity contribution is 0.489. The highest BCUT2D eigenvalue weighted by atomic mass is 32.2. The summed E-state index contributed by atoms with van der Waals surface area (Å²) in [5, 5.41) is 9.44. The van der Waals surface area contributed by atoms with Crippen molar-refractivity contribution in [2.75, 3.05) is 0 Å². The van der Waals surface area contributed by atoms with E-state index in [0.29, 0.717) is 27.8 Å². The van der Waals surface area contributed by atoms with E-state index in [1.54, 1.807) is 12.3 Å². The fourth-order valence-corrected chi connectivity index (χ4v) is 2.46. The first kappa shape index (κ1) is 11.8. The quantitative estimate of drug-likeness (QED) is 0.681. The number of nitriles is 1. The maximum atomic E-state index is 8.85. The Bertz CT molecular complexity index is 727. The molecule has 0 bridgehead atoms. The molecule has 0 saturated heterocycles. The number of pyridine rings is 1. The molecule has 0 aliphatic heterocycles. The largest absolute Gasteiger partial charge is 0.430 e. The predicted octanol–water partition coefficient (Wildman–Crippen LogP) is 3.39. The average molecular weight is 267 g/mol. The third-order valence-corrected chi connectivity index (χ3v) is 3.46. The molecule has 0 amide bonds. The number of benzene rings is 1. The van der Waals surface area contributed by atoms with Gasteiger partial charge in [-0.05, 0) is 29.8 Å². The van der Waals surface area contributed by atoms with E-state index >= 15 is 0 Å². The van der Waals surface area contributed by atoms with Gasteiger partial charge in [0.15, 0.2) is 11.2 Å². The molecule has 0 fully saturated rings. The molecule has 4 nitrogen and oxygen atoms in total. The van der Waals surface area contributed by atoms with Crippen molar-refractivity contribution in [1.82, 2.24) is 9.97 Å². The number of aromatic nitrogens is 2. The number of nitrogens with zero attached hydrogens (tertiary/aromatic N) is 3. The maximum absolute atomic E-state index is 8.85. The summed E-state index contributed by atoms with van der Waals surface area (Å²) < 4.78 is 5.57. The molecule has 0 aliphatic rings. The molecule has 0 atom stereocenters. The number of fused-ring (bicyclic) bond motifs is 1. The van der Waals surface area contributed by atoms with Gasteiger partial charge in [0.1, 0.15) is 0 Å². The second kappa shape index (κ2) is 5.12. The van der Waals surface area contributed by atoms with Crippen LogP contribution in [0.2, 0.25) is 0 Å². The highest BCUT2D eigenvalue weighted by Gasteiger charge is 2.07. The Morgan fingerprint density at radius 1 is 1.26 bits per heavy atom. The zero-order valence-corrected chi connectivity index (χ0v) is 10.7. The van der Waals surface area contributed by atoms with Crippen molar-refractivity contribution in [3.05, 3.63) is 53.7 Å². The Hall–Kier alpha value is -2.32. The fourth-order valence-electron chi connectivity index (χ4n) is 1.69. The van der Waals surface area contributed by atoms with Gasteiger partial charge in [-0.1, -0.05) is 23.9 Å². The molecule has 3 rings (SSSR count). The van der Waals surface area contributed by atoms with Crippen molar-refractivity contribution in [2.45, 2.75) is 11.0 Å². The topological polar surface area (TPSA) is 62.7 Å². The molecule has 2 heterocycles. The lowest BCUT2D eigenvalue weighted by atomic mass is 10.2. The summed E-state index contributed by atoms with van der Waals surface area (Å²) in [6.07, 6.45) is 1.69. The van der Waals surface area contributed by atoms with Crippen LogP contribution in [0.1, 0.15) is 11.1 Å². The van der Waals surface area contributed by atoms with Crippen molar-refractivity contribution in [3.63, 3.8) is 0 Å². The number of hydrogen-bond acceptors (Lipinski definition) is 5. The molecular formula is C14H9N3OS. The Labute approximate surface area is 114 Å². The molecule has 2 aromatic heterocycles. The van der Waals surface area contributed by atoms with Crippen LogP contribution in [-0.4, -0.2) is 9.97 Å². The lowest BCUT2D eigenvalue weighted by Gasteiger charge is -1.98. The van der Waals surface area contributed by atoms with Gasteiger partial charge in [0.25, 0.3) is 5.22 Å². The SMILES string of the molecule is N#Cc1cccc(CSc2nc3ncccc3o2)c1. The summed E-state index contributed by atoms with van der Waals surface area (Å²) in [6, 6.07) is 13.3. The van der Waals surface area contributed by atoms with E-state index in [-0.39, 0.29) is 0 Å². The summed E-state index contributed by atoms with van der Waals surface area (Å²) in [4.78, 5) is 8.41. The first-order chi connectivity index (χ1) is 9.35. The minimum absolute atomic E-state index is 0.594. The van der Waals surface area contributed by atoms with E-state index in [0.717, 1.165) is 5.56 Å². The van der Waals surface area contributed by atoms with Crippen LogP contribution >= 0.6 is 11.8 Å². The monoisotopic (exact) mass is 267 g/mol. The normalized spacial score (nSPS) is 10.5. The first-order valence-electron chi connectivity index (χ1n) is 5.68. The summed E-state index contributed by atoms with van der Waals surface area (Å²) in [5.74, 6) is 0.711. The van der Waals surface area contributed by atoms with Crippen LogP contribution in [0.5, 0.6) is 0 Å². The third kappa shape index (κ3) is 2.59. The van der Waals surface area contributed by atoms with Gasteiger partial charge in [0.05, 0.1) is 11.6 Å². The molecule has 92 valence electrons. The van der Waals surface area contributed by atoms with Crippen molar-refractivity contribution >= 4 is 23.0 Å². The smallest absolute Gasteiger partial charge is 0.258 e. The average Bonchev–Trinajstić information content (AvgIpc) is 2.88. The van der Waals surface area contributed by atoms with Crippen molar-refractivity contribution in [2.24, 2.45) is 0 Å². The third-order valence-electron chi connectivity index (χ3n) is 2.56.